The highest BCUT2D eigenvalue weighted by molar-refractivity contribution is 5.78. The minimum atomic E-state index is -1.34. The first kappa shape index (κ1) is 10.2. The molecule has 1 aromatic heterocycles. The molecule has 3 N–H and O–H groups in total. The van der Waals surface area contributed by atoms with Gasteiger partial charge < -0.3 is 15.2 Å². The number of hydrogen-bond donors (Lipinski definition) is 3. The average Bonchev–Trinajstić information content (AvgIpc) is 2.01. The van der Waals surface area contributed by atoms with Crippen LogP contribution in [0.2, 0.25) is 0 Å². The minimum absolute atomic E-state index is 0.0741. The zero-order valence-corrected chi connectivity index (χ0v) is 7.74. The lowest BCUT2D eigenvalue weighted by Gasteiger charge is -2.17. The van der Waals surface area contributed by atoms with Crippen molar-refractivity contribution >= 4 is 5.97 Å². The highest BCUT2D eigenvalue weighted by atomic mass is 16.4. The Morgan fingerprint density at radius 1 is 1.57 bits per heavy atom. The number of carbonyl (C=O) groups is 1. The topological polar surface area (TPSA) is 103 Å². The van der Waals surface area contributed by atoms with E-state index in [4.69, 9.17) is 10.2 Å². The number of aliphatic carboxylic acids is 1. The van der Waals surface area contributed by atoms with Crippen molar-refractivity contribution in [2.24, 2.45) is 0 Å². The molecule has 0 amide bonds. The van der Waals surface area contributed by atoms with Crippen LogP contribution in [0, 0.1) is 0 Å². The van der Waals surface area contributed by atoms with E-state index in [9.17, 15) is 9.59 Å². The molecule has 0 saturated carbocycles. The van der Waals surface area contributed by atoms with Crippen LogP contribution in [-0.4, -0.2) is 26.2 Å². The first-order valence-electron chi connectivity index (χ1n) is 3.88. The Hall–Kier alpha value is -1.85. The maximum absolute atomic E-state index is 10.9. The summed E-state index contributed by atoms with van der Waals surface area (Å²) in [6, 6.07) is 0.876. The number of aromatic nitrogens is 2. The zero-order chi connectivity index (χ0) is 10.9. The van der Waals surface area contributed by atoms with Crippen LogP contribution < -0.4 is 5.56 Å². The normalized spacial score (nSPS) is 11.3. The maximum Gasteiger partial charge on any atom is 0.316 e. The van der Waals surface area contributed by atoms with Gasteiger partial charge in [0.25, 0.3) is 5.56 Å². The molecule has 0 unspecified atom stereocenters. The van der Waals surface area contributed by atoms with Crippen LogP contribution in [0.4, 0.5) is 0 Å². The molecule has 0 aromatic carbocycles. The Kier molecular flexibility index (Phi) is 2.29. The van der Waals surface area contributed by atoms with Gasteiger partial charge in [0, 0.05) is 0 Å². The molecule has 0 spiro atoms. The van der Waals surface area contributed by atoms with E-state index in [-0.39, 0.29) is 5.82 Å². The smallest absolute Gasteiger partial charge is 0.316 e. The van der Waals surface area contributed by atoms with E-state index in [1.807, 2.05) is 0 Å². The molecule has 0 radical (unpaired) electrons. The fourth-order valence-corrected chi connectivity index (χ4v) is 0.842. The Morgan fingerprint density at radius 3 is 2.57 bits per heavy atom. The number of carboxylic acid groups (broad SMARTS) is 1. The monoisotopic (exact) mass is 198 g/mol. The van der Waals surface area contributed by atoms with Crippen LogP contribution >= 0.6 is 0 Å². The molecule has 14 heavy (non-hydrogen) atoms. The van der Waals surface area contributed by atoms with E-state index in [1.54, 1.807) is 0 Å². The molecule has 0 fully saturated rings. The van der Waals surface area contributed by atoms with Crippen LogP contribution in [-0.2, 0) is 10.2 Å². The molecular formula is C8H10N2O4. The van der Waals surface area contributed by atoms with Crippen molar-refractivity contribution < 1.29 is 15.0 Å². The van der Waals surface area contributed by atoms with Crippen LogP contribution in [0.15, 0.2) is 10.9 Å². The molecule has 0 saturated heterocycles. The van der Waals surface area contributed by atoms with E-state index < -0.39 is 22.8 Å². The summed E-state index contributed by atoms with van der Waals surface area (Å²) < 4.78 is 0. The fraction of sp³-hybridized carbons (Fsp3) is 0.375. The van der Waals surface area contributed by atoms with Gasteiger partial charge in [-0.15, -0.1) is 0 Å². The number of aromatic hydroxyl groups is 1. The van der Waals surface area contributed by atoms with E-state index in [0.717, 1.165) is 6.07 Å². The Bertz CT molecular complexity index is 422. The van der Waals surface area contributed by atoms with Gasteiger partial charge >= 0.3 is 5.97 Å². The molecule has 1 heterocycles. The van der Waals surface area contributed by atoms with Gasteiger partial charge in [-0.05, 0) is 13.8 Å². The molecule has 0 aliphatic carbocycles. The van der Waals surface area contributed by atoms with Gasteiger partial charge in [0.05, 0.1) is 6.07 Å². The molecule has 76 valence electrons. The van der Waals surface area contributed by atoms with Crippen molar-refractivity contribution in [3.05, 3.63) is 22.2 Å². The van der Waals surface area contributed by atoms with Gasteiger partial charge in [-0.2, -0.15) is 4.98 Å². The third-order valence-electron chi connectivity index (χ3n) is 1.85. The van der Waals surface area contributed by atoms with Crippen molar-refractivity contribution in [3.63, 3.8) is 0 Å². The van der Waals surface area contributed by atoms with Crippen molar-refractivity contribution in [2.45, 2.75) is 19.3 Å². The number of aromatic amines is 1. The Balaban J connectivity index is 3.32. The highest BCUT2D eigenvalue weighted by Gasteiger charge is 2.32. The summed E-state index contributed by atoms with van der Waals surface area (Å²) in [7, 11) is 0. The fourth-order valence-electron chi connectivity index (χ4n) is 0.842. The lowest BCUT2D eigenvalue weighted by atomic mass is 9.93. The summed E-state index contributed by atoms with van der Waals surface area (Å²) in [6.07, 6.45) is 0. The summed E-state index contributed by atoms with van der Waals surface area (Å²) in [6.45, 7) is 2.76. The number of carboxylic acids is 1. The van der Waals surface area contributed by atoms with Gasteiger partial charge in [0.1, 0.15) is 11.2 Å². The second-order valence-corrected chi connectivity index (χ2v) is 3.38. The Morgan fingerprint density at radius 2 is 2.14 bits per heavy atom. The summed E-state index contributed by atoms with van der Waals surface area (Å²) >= 11 is 0. The molecule has 6 heteroatoms. The van der Waals surface area contributed by atoms with E-state index in [1.165, 1.54) is 13.8 Å². The summed E-state index contributed by atoms with van der Waals surface area (Å²) in [4.78, 5) is 27.5. The van der Waals surface area contributed by atoms with Crippen LogP contribution in [0.3, 0.4) is 0 Å². The second-order valence-electron chi connectivity index (χ2n) is 3.38. The quantitative estimate of drug-likeness (QED) is 0.612. The maximum atomic E-state index is 10.9. The SMILES string of the molecule is CC(C)(C(=O)O)c1nc(O)cc(=O)[nH]1. The lowest BCUT2D eigenvalue weighted by Crippen LogP contribution is -2.32. The minimum Gasteiger partial charge on any atom is -0.493 e. The van der Waals surface area contributed by atoms with Crippen molar-refractivity contribution in [2.75, 3.05) is 0 Å². The number of rotatable bonds is 2. The molecule has 1 aromatic rings. The molecule has 6 nitrogen and oxygen atoms in total. The van der Waals surface area contributed by atoms with Gasteiger partial charge in [-0.3, -0.25) is 9.59 Å². The lowest BCUT2D eigenvalue weighted by molar-refractivity contribution is -0.142. The summed E-state index contributed by atoms with van der Waals surface area (Å²) in [5, 5.41) is 17.8. The van der Waals surface area contributed by atoms with Gasteiger partial charge in [-0.1, -0.05) is 0 Å². The van der Waals surface area contributed by atoms with Gasteiger partial charge in [-0.25, -0.2) is 0 Å². The van der Waals surface area contributed by atoms with Crippen LogP contribution in [0.25, 0.3) is 0 Å². The molecule has 0 aliphatic rings. The molecule has 1 rings (SSSR count). The standard InChI is InChI=1S/C8H10N2O4/c1-8(2,7(13)14)6-9-4(11)3-5(12)10-6/h3H,1-2H3,(H,13,14)(H2,9,10,11,12). The van der Waals surface area contributed by atoms with E-state index in [2.05, 4.69) is 9.97 Å². The Labute approximate surface area is 79.2 Å². The van der Waals surface area contributed by atoms with Gasteiger partial charge in [0.2, 0.25) is 5.88 Å². The molecule has 0 aliphatic heterocycles. The summed E-state index contributed by atoms with van der Waals surface area (Å²) in [5.41, 5.74) is -1.92. The van der Waals surface area contributed by atoms with Crippen molar-refractivity contribution in [3.8, 4) is 5.88 Å². The third-order valence-corrected chi connectivity index (χ3v) is 1.85. The van der Waals surface area contributed by atoms with Crippen molar-refractivity contribution in [1.29, 1.82) is 0 Å². The number of nitrogens with one attached hydrogen (secondary N) is 1. The predicted molar refractivity (Wildman–Crippen MR) is 47.2 cm³/mol. The van der Waals surface area contributed by atoms with Crippen molar-refractivity contribution in [1.82, 2.24) is 9.97 Å². The van der Waals surface area contributed by atoms with Gasteiger partial charge in [0.15, 0.2) is 0 Å². The largest absolute Gasteiger partial charge is 0.493 e. The van der Waals surface area contributed by atoms with E-state index in [0.29, 0.717) is 0 Å². The molecular weight excluding hydrogens is 188 g/mol. The number of nitrogens with zero attached hydrogens (tertiary/aromatic N) is 1. The van der Waals surface area contributed by atoms with Crippen LogP contribution in [0.1, 0.15) is 19.7 Å². The first-order valence-corrected chi connectivity index (χ1v) is 3.88. The first-order chi connectivity index (χ1) is 6.34. The van der Waals surface area contributed by atoms with E-state index >= 15 is 0 Å². The molecule has 0 bridgehead atoms. The zero-order valence-electron chi connectivity index (χ0n) is 7.74. The number of hydrogen-bond acceptors (Lipinski definition) is 4. The van der Waals surface area contributed by atoms with Crippen LogP contribution in [0.5, 0.6) is 5.88 Å². The molecule has 0 atom stereocenters. The predicted octanol–water partition coefficient (Wildman–Crippen LogP) is -0.162. The third kappa shape index (κ3) is 1.73. The second kappa shape index (κ2) is 3.13. The summed E-state index contributed by atoms with van der Waals surface area (Å²) in [5.74, 6) is -1.70. The highest BCUT2D eigenvalue weighted by Crippen LogP contribution is 2.19. The average molecular weight is 198 g/mol. The number of H-pyrrole nitrogens is 1.